The first-order chi connectivity index (χ1) is 8.65. The van der Waals surface area contributed by atoms with Gasteiger partial charge in [-0.2, -0.15) is 0 Å². The summed E-state index contributed by atoms with van der Waals surface area (Å²) in [6, 6.07) is 7.97. The van der Waals surface area contributed by atoms with Crippen molar-refractivity contribution in [2.75, 3.05) is 6.54 Å². The summed E-state index contributed by atoms with van der Waals surface area (Å²) < 4.78 is 1.19. The van der Waals surface area contributed by atoms with Crippen LogP contribution >= 0.6 is 23.7 Å². The van der Waals surface area contributed by atoms with Crippen molar-refractivity contribution in [2.24, 2.45) is 5.73 Å². The van der Waals surface area contributed by atoms with E-state index in [0.29, 0.717) is 13.0 Å². The Hall–Kier alpha value is -1.17. The fourth-order valence-corrected chi connectivity index (χ4v) is 2.67. The molecular formula is C13H18ClN3OS. The molecule has 0 saturated carbocycles. The molecule has 1 aromatic carbocycles. The zero-order chi connectivity index (χ0) is 13.0. The van der Waals surface area contributed by atoms with Crippen molar-refractivity contribution in [2.45, 2.75) is 25.8 Å². The molecule has 0 aliphatic carbocycles. The number of carbonyl (C=O) groups excluding carboxylic acids is 1. The summed E-state index contributed by atoms with van der Waals surface area (Å²) in [6.07, 6.45) is 1.14. The van der Waals surface area contributed by atoms with Gasteiger partial charge in [0.25, 0.3) is 0 Å². The van der Waals surface area contributed by atoms with E-state index in [1.807, 2.05) is 25.1 Å². The minimum Gasteiger partial charge on any atom is -0.356 e. The lowest BCUT2D eigenvalue weighted by Crippen LogP contribution is -2.31. The Kier molecular flexibility index (Phi) is 6.21. The van der Waals surface area contributed by atoms with Gasteiger partial charge in [-0.25, -0.2) is 4.98 Å². The molecule has 19 heavy (non-hydrogen) atoms. The Bertz CT molecular complexity index is 508. The largest absolute Gasteiger partial charge is 0.356 e. The zero-order valence-electron chi connectivity index (χ0n) is 10.8. The predicted molar refractivity (Wildman–Crippen MR) is 81.8 cm³/mol. The molecule has 1 heterocycles. The summed E-state index contributed by atoms with van der Waals surface area (Å²) in [4.78, 5) is 15.9. The number of fused-ring (bicyclic) bond motifs is 1. The second-order valence-corrected chi connectivity index (χ2v) is 5.47. The van der Waals surface area contributed by atoms with Crippen LogP contribution in [0, 0.1) is 0 Å². The highest BCUT2D eigenvalue weighted by molar-refractivity contribution is 7.18. The second-order valence-electron chi connectivity index (χ2n) is 4.36. The van der Waals surface area contributed by atoms with Crippen LogP contribution in [0.2, 0.25) is 0 Å². The van der Waals surface area contributed by atoms with E-state index >= 15 is 0 Å². The van der Waals surface area contributed by atoms with Crippen LogP contribution in [0.1, 0.15) is 18.4 Å². The molecule has 1 atom stereocenters. The van der Waals surface area contributed by atoms with E-state index in [4.69, 9.17) is 5.73 Å². The average Bonchev–Trinajstić information content (AvgIpc) is 2.70. The number of para-hydroxylation sites is 1. The van der Waals surface area contributed by atoms with Crippen molar-refractivity contribution < 1.29 is 4.79 Å². The Morgan fingerprint density at radius 2 is 2.21 bits per heavy atom. The number of hydrogen-bond acceptors (Lipinski definition) is 4. The average molecular weight is 300 g/mol. The van der Waals surface area contributed by atoms with Gasteiger partial charge >= 0.3 is 0 Å². The number of amides is 1. The lowest BCUT2D eigenvalue weighted by atomic mass is 10.2. The number of carbonyl (C=O) groups is 1. The molecule has 0 bridgehead atoms. The summed E-state index contributed by atoms with van der Waals surface area (Å²) in [7, 11) is 0. The molecule has 3 N–H and O–H groups in total. The highest BCUT2D eigenvalue weighted by atomic mass is 35.5. The molecular weight excluding hydrogens is 282 g/mol. The van der Waals surface area contributed by atoms with Gasteiger partial charge < -0.3 is 11.1 Å². The molecule has 4 nitrogen and oxygen atoms in total. The quantitative estimate of drug-likeness (QED) is 0.888. The fourth-order valence-electron chi connectivity index (χ4n) is 1.70. The number of benzene rings is 1. The van der Waals surface area contributed by atoms with Crippen LogP contribution < -0.4 is 11.1 Å². The van der Waals surface area contributed by atoms with Gasteiger partial charge in [-0.1, -0.05) is 12.1 Å². The van der Waals surface area contributed by atoms with Gasteiger partial charge in [0, 0.05) is 25.4 Å². The standard InChI is InChI=1S/C13H17N3OS.ClH/c1-9(14)8-12(17)15-7-6-13-16-10-4-2-3-5-11(10)18-13;/h2-5,9H,6-8,14H2,1H3,(H,15,17);1H. The zero-order valence-corrected chi connectivity index (χ0v) is 12.4. The summed E-state index contributed by atoms with van der Waals surface area (Å²) in [6.45, 7) is 2.44. The van der Waals surface area contributed by atoms with Crippen LogP contribution in [0.3, 0.4) is 0 Å². The highest BCUT2D eigenvalue weighted by Gasteiger charge is 2.06. The molecule has 0 radical (unpaired) electrons. The van der Waals surface area contributed by atoms with E-state index in [9.17, 15) is 4.79 Å². The Morgan fingerprint density at radius 3 is 2.89 bits per heavy atom. The number of hydrogen-bond donors (Lipinski definition) is 2. The van der Waals surface area contributed by atoms with Gasteiger partial charge in [-0.05, 0) is 19.1 Å². The molecule has 1 unspecified atom stereocenters. The van der Waals surface area contributed by atoms with Crippen molar-refractivity contribution in [1.82, 2.24) is 10.3 Å². The molecule has 0 aliphatic heterocycles. The van der Waals surface area contributed by atoms with Gasteiger partial charge in [0.15, 0.2) is 0 Å². The third-order valence-corrected chi connectivity index (χ3v) is 3.60. The first-order valence-corrected chi connectivity index (χ1v) is 6.83. The molecule has 2 aromatic rings. The number of thiazole rings is 1. The van der Waals surface area contributed by atoms with Gasteiger partial charge in [-0.3, -0.25) is 4.79 Å². The lowest BCUT2D eigenvalue weighted by molar-refractivity contribution is -0.121. The molecule has 6 heteroatoms. The first-order valence-electron chi connectivity index (χ1n) is 6.02. The van der Waals surface area contributed by atoms with E-state index in [1.165, 1.54) is 4.70 Å². The molecule has 2 rings (SSSR count). The van der Waals surface area contributed by atoms with E-state index in [-0.39, 0.29) is 24.4 Å². The Morgan fingerprint density at radius 1 is 1.47 bits per heavy atom. The van der Waals surface area contributed by atoms with E-state index in [1.54, 1.807) is 11.3 Å². The number of nitrogens with one attached hydrogen (secondary N) is 1. The third-order valence-electron chi connectivity index (χ3n) is 2.51. The van der Waals surface area contributed by atoms with Gasteiger partial charge in [0.2, 0.25) is 5.91 Å². The van der Waals surface area contributed by atoms with Crippen LogP contribution in [0.5, 0.6) is 0 Å². The van der Waals surface area contributed by atoms with Crippen LogP contribution in [-0.4, -0.2) is 23.5 Å². The Labute approximate surface area is 122 Å². The summed E-state index contributed by atoms with van der Waals surface area (Å²) >= 11 is 1.68. The van der Waals surface area contributed by atoms with Gasteiger partial charge in [0.05, 0.1) is 15.2 Å². The normalized spacial score (nSPS) is 11.9. The minimum atomic E-state index is -0.0903. The van der Waals surface area contributed by atoms with E-state index in [0.717, 1.165) is 16.9 Å². The van der Waals surface area contributed by atoms with Crippen molar-refractivity contribution in [3.05, 3.63) is 29.3 Å². The molecule has 0 aliphatic rings. The van der Waals surface area contributed by atoms with Crippen molar-refractivity contribution in [1.29, 1.82) is 0 Å². The summed E-state index contributed by atoms with van der Waals surface area (Å²) in [5.74, 6) is 0.00566. The molecule has 104 valence electrons. The maximum absolute atomic E-state index is 11.4. The van der Waals surface area contributed by atoms with Gasteiger partial charge in [0.1, 0.15) is 0 Å². The molecule has 1 amide bonds. The van der Waals surface area contributed by atoms with Crippen LogP contribution in [0.15, 0.2) is 24.3 Å². The lowest BCUT2D eigenvalue weighted by Gasteiger charge is -2.05. The third kappa shape index (κ3) is 4.78. The topological polar surface area (TPSA) is 68.0 Å². The van der Waals surface area contributed by atoms with Crippen molar-refractivity contribution in [3.8, 4) is 0 Å². The summed E-state index contributed by atoms with van der Waals surface area (Å²) in [5.41, 5.74) is 6.58. The predicted octanol–water partition coefficient (Wildman–Crippen LogP) is 2.11. The van der Waals surface area contributed by atoms with Crippen LogP contribution in [-0.2, 0) is 11.2 Å². The number of nitrogens with two attached hydrogens (primary N) is 1. The minimum absolute atomic E-state index is 0. The maximum atomic E-state index is 11.4. The Balaban J connectivity index is 0.00000180. The monoisotopic (exact) mass is 299 g/mol. The maximum Gasteiger partial charge on any atom is 0.221 e. The number of halogens is 1. The second kappa shape index (κ2) is 7.43. The summed E-state index contributed by atoms with van der Waals surface area (Å²) in [5, 5.41) is 3.91. The fraction of sp³-hybridized carbons (Fsp3) is 0.385. The first kappa shape index (κ1) is 15.9. The van der Waals surface area contributed by atoms with E-state index in [2.05, 4.69) is 16.4 Å². The smallest absolute Gasteiger partial charge is 0.221 e. The molecule has 0 saturated heterocycles. The molecule has 0 fully saturated rings. The number of nitrogens with zero attached hydrogens (tertiary/aromatic N) is 1. The number of aromatic nitrogens is 1. The van der Waals surface area contributed by atoms with Crippen molar-refractivity contribution in [3.63, 3.8) is 0 Å². The molecule has 0 spiro atoms. The SMILES string of the molecule is CC(N)CC(=O)NCCc1nc2ccccc2s1.Cl. The van der Waals surface area contributed by atoms with Crippen molar-refractivity contribution >= 4 is 39.9 Å². The molecule has 1 aromatic heterocycles. The van der Waals surface area contributed by atoms with Gasteiger partial charge in [-0.15, -0.1) is 23.7 Å². The highest BCUT2D eigenvalue weighted by Crippen LogP contribution is 2.21. The van der Waals surface area contributed by atoms with Crippen LogP contribution in [0.4, 0.5) is 0 Å². The van der Waals surface area contributed by atoms with E-state index < -0.39 is 0 Å². The van der Waals surface area contributed by atoms with Crippen LogP contribution in [0.25, 0.3) is 10.2 Å². The number of rotatable bonds is 5.